The molecule has 0 aromatic rings. The molecule has 3 nitrogen and oxygen atoms in total. The van der Waals surface area contributed by atoms with Crippen LogP contribution in [0.15, 0.2) is 0 Å². The topological polar surface area (TPSA) is 49.7 Å². The monoisotopic (exact) mass is 218 g/mol. The van der Waals surface area contributed by atoms with Gasteiger partial charge in [0.2, 0.25) is 0 Å². The molecule has 0 aromatic carbocycles. The number of hydrogen-bond acceptors (Lipinski definition) is 3. The zero-order valence-corrected chi connectivity index (χ0v) is 10.1. The summed E-state index contributed by atoms with van der Waals surface area (Å²) in [7, 11) is 0. The molecule has 0 saturated carbocycles. The zero-order chi connectivity index (χ0) is 11.5. The SMILES string of the molecule is CCCC(CO)COCC(CO)CCC. The van der Waals surface area contributed by atoms with Gasteiger partial charge in [-0.05, 0) is 12.8 Å². The Balaban J connectivity index is 3.55. The molecule has 2 unspecified atom stereocenters. The molecule has 0 rings (SSSR count). The second kappa shape index (κ2) is 10.4. The fourth-order valence-corrected chi connectivity index (χ4v) is 1.67. The molecule has 0 aliphatic rings. The standard InChI is InChI=1S/C12H26O3/c1-3-5-11(7-13)9-15-10-12(8-14)6-4-2/h11-14H,3-10H2,1-2H3. The van der Waals surface area contributed by atoms with Gasteiger partial charge in [0, 0.05) is 25.0 Å². The number of rotatable bonds is 10. The number of aliphatic hydroxyl groups excluding tert-OH is 2. The van der Waals surface area contributed by atoms with E-state index in [1.165, 1.54) is 0 Å². The minimum absolute atomic E-state index is 0.200. The number of ether oxygens (including phenoxy) is 1. The van der Waals surface area contributed by atoms with Crippen LogP contribution < -0.4 is 0 Å². The first-order chi connectivity index (χ1) is 7.28. The first-order valence-electron chi connectivity index (χ1n) is 6.07. The molecular weight excluding hydrogens is 192 g/mol. The van der Waals surface area contributed by atoms with E-state index in [1.54, 1.807) is 0 Å². The quantitative estimate of drug-likeness (QED) is 0.588. The zero-order valence-electron chi connectivity index (χ0n) is 10.1. The second-order valence-corrected chi connectivity index (χ2v) is 4.21. The minimum atomic E-state index is 0.200. The van der Waals surface area contributed by atoms with E-state index in [4.69, 9.17) is 14.9 Å². The molecule has 2 N–H and O–H groups in total. The Labute approximate surface area is 93.5 Å². The van der Waals surface area contributed by atoms with Crippen LogP contribution in [0.2, 0.25) is 0 Å². The van der Waals surface area contributed by atoms with Crippen LogP contribution in [0.25, 0.3) is 0 Å². The first-order valence-corrected chi connectivity index (χ1v) is 6.07. The average Bonchev–Trinajstić information content (AvgIpc) is 2.26. The third kappa shape index (κ3) is 7.77. The van der Waals surface area contributed by atoms with Crippen LogP contribution in [0.3, 0.4) is 0 Å². The van der Waals surface area contributed by atoms with Crippen molar-refractivity contribution in [3.05, 3.63) is 0 Å². The van der Waals surface area contributed by atoms with Gasteiger partial charge in [-0.1, -0.05) is 26.7 Å². The van der Waals surface area contributed by atoms with E-state index >= 15 is 0 Å². The van der Waals surface area contributed by atoms with Crippen molar-refractivity contribution >= 4 is 0 Å². The maximum Gasteiger partial charge on any atom is 0.0516 e. The molecule has 0 aliphatic heterocycles. The van der Waals surface area contributed by atoms with Crippen LogP contribution in [0, 0.1) is 11.8 Å². The van der Waals surface area contributed by atoms with E-state index in [0.717, 1.165) is 25.7 Å². The van der Waals surface area contributed by atoms with E-state index in [-0.39, 0.29) is 25.0 Å². The van der Waals surface area contributed by atoms with Crippen molar-refractivity contribution in [3.63, 3.8) is 0 Å². The Morgan fingerprint density at radius 1 is 0.867 bits per heavy atom. The predicted molar refractivity (Wildman–Crippen MR) is 61.8 cm³/mol. The van der Waals surface area contributed by atoms with Gasteiger partial charge in [-0.2, -0.15) is 0 Å². The molecule has 0 radical (unpaired) electrons. The third-order valence-corrected chi connectivity index (χ3v) is 2.62. The highest BCUT2D eigenvalue weighted by molar-refractivity contribution is 4.58. The van der Waals surface area contributed by atoms with Crippen molar-refractivity contribution in [3.8, 4) is 0 Å². The summed E-state index contributed by atoms with van der Waals surface area (Å²) in [5.74, 6) is 0.520. The van der Waals surface area contributed by atoms with Gasteiger partial charge in [-0.15, -0.1) is 0 Å². The molecule has 3 heteroatoms. The van der Waals surface area contributed by atoms with Gasteiger partial charge in [-0.3, -0.25) is 0 Å². The van der Waals surface area contributed by atoms with Crippen molar-refractivity contribution in [1.29, 1.82) is 0 Å². The van der Waals surface area contributed by atoms with Crippen LogP contribution in [0.4, 0.5) is 0 Å². The molecular formula is C12H26O3. The van der Waals surface area contributed by atoms with Gasteiger partial charge >= 0.3 is 0 Å². The van der Waals surface area contributed by atoms with Crippen molar-refractivity contribution in [2.45, 2.75) is 39.5 Å². The molecule has 92 valence electrons. The van der Waals surface area contributed by atoms with Gasteiger partial charge in [-0.25, -0.2) is 0 Å². The van der Waals surface area contributed by atoms with E-state index in [2.05, 4.69) is 13.8 Å². The molecule has 0 fully saturated rings. The van der Waals surface area contributed by atoms with Crippen molar-refractivity contribution in [2.24, 2.45) is 11.8 Å². The predicted octanol–water partition coefficient (Wildman–Crippen LogP) is 1.82. The van der Waals surface area contributed by atoms with Gasteiger partial charge in [0.15, 0.2) is 0 Å². The van der Waals surface area contributed by atoms with Crippen LogP contribution in [-0.2, 0) is 4.74 Å². The van der Waals surface area contributed by atoms with Crippen molar-refractivity contribution < 1.29 is 14.9 Å². The number of aliphatic hydroxyl groups is 2. The van der Waals surface area contributed by atoms with Crippen LogP contribution in [0.1, 0.15) is 39.5 Å². The highest BCUT2D eigenvalue weighted by atomic mass is 16.5. The molecule has 2 atom stereocenters. The summed E-state index contributed by atoms with van der Waals surface area (Å²) in [6.45, 7) is 5.85. The Morgan fingerprint density at radius 2 is 1.27 bits per heavy atom. The summed E-state index contributed by atoms with van der Waals surface area (Å²) in [5, 5.41) is 18.1. The average molecular weight is 218 g/mol. The fourth-order valence-electron chi connectivity index (χ4n) is 1.67. The van der Waals surface area contributed by atoms with Crippen LogP contribution in [-0.4, -0.2) is 36.6 Å². The summed E-state index contributed by atoms with van der Waals surface area (Å²) in [4.78, 5) is 0. The van der Waals surface area contributed by atoms with E-state index in [1.807, 2.05) is 0 Å². The van der Waals surface area contributed by atoms with Crippen molar-refractivity contribution in [1.82, 2.24) is 0 Å². The highest BCUT2D eigenvalue weighted by Gasteiger charge is 2.09. The summed E-state index contributed by atoms with van der Waals surface area (Å²) in [6, 6.07) is 0. The molecule has 0 amide bonds. The number of hydrogen-bond donors (Lipinski definition) is 2. The summed E-state index contributed by atoms with van der Waals surface area (Å²) in [5.41, 5.74) is 0. The molecule has 15 heavy (non-hydrogen) atoms. The van der Waals surface area contributed by atoms with E-state index in [0.29, 0.717) is 13.2 Å². The minimum Gasteiger partial charge on any atom is -0.396 e. The normalized spacial score (nSPS) is 15.2. The first kappa shape index (κ1) is 14.9. The van der Waals surface area contributed by atoms with Gasteiger partial charge in [0.25, 0.3) is 0 Å². The van der Waals surface area contributed by atoms with Gasteiger partial charge in [0.1, 0.15) is 0 Å². The Kier molecular flexibility index (Phi) is 10.3. The van der Waals surface area contributed by atoms with Crippen LogP contribution >= 0.6 is 0 Å². The molecule has 0 aliphatic carbocycles. The fraction of sp³-hybridized carbons (Fsp3) is 1.00. The summed E-state index contributed by atoms with van der Waals surface area (Å²) >= 11 is 0. The Hall–Kier alpha value is -0.120. The Bertz CT molecular complexity index is 114. The smallest absolute Gasteiger partial charge is 0.0516 e. The lowest BCUT2D eigenvalue weighted by atomic mass is 10.1. The molecule has 0 aromatic heterocycles. The second-order valence-electron chi connectivity index (χ2n) is 4.21. The molecule has 0 heterocycles. The van der Waals surface area contributed by atoms with Gasteiger partial charge < -0.3 is 14.9 Å². The highest BCUT2D eigenvalue weighted by Crippen LogP contribution is 2.09. The van der Waals surface area contributed by atoms with Gasteiger partial charge in [0.05, 0.1) is 13.2 Å². The maximum absolute atomic E-state index is 9.05. The lowest BCUT2D eigenvalue weighted by molar-refractivity contribution is 0.0322. The lowest BCUT2D eigenvalue weighted by Crippen LogP contribution is -2.19. The maximum atomic E-state index is 9.05. The Morgan fingerprint density at radius 3 is 1.53 bits per heavy atom. The van der Waals surface area contributed by atoms with Crippen molar-refractivity contribution in [2.75, 3.05) is 26.4 Å². The molecule has 0 bridgehead atoms. The lowest BCUT2D eigenvalue weighted by Gasteiger charge is -2.17. The largest absolute Gasteiger partial charge is 0.396 e. The molecule has 0 spiro atoms. The van der Waals surface area contributed by atoms with E-state index in [9.17, 15) is 0 Å². The summed E-state index contributed by atoms with van der Waals surface area (Å²) in [6.07, 6.45) is 4.17. The third-order valence-electron chi connectivity index (χ3n) is 2.62. The summed E-state index contributed by atoms with van der Waals surface area (Å²) < 4.78 is 5.52. The van der Waals surface area contributed by atoms with E-state index < -0.39 is 0 Å². The molecule has 0 saturated heterocycles. The van der Waals surface area contributed by atoms with Crippen LogP contribution in [0.5, 0.6) is 0 Å².